The summed E-state index contributed by atoms with van der Waals surface area (Å²) in [7, 11) is 0. The van der Waals surface area contributed by atoms with E-state index < -0.39 is 0 Å². The molecule has 2 aliphatic heterocycles. The first-order valence-corrected chi connectivity index (χ1v) is 9.40. The zero-order chi connectivity index (χ0) is 16.1. The summed E-state index contributed by atoms with van der Waals surface area (Å²) in [6.45, 7) is 4.57. The smallest absolute Gasteiger partial charge is 0.246 e. The maximum Gasteiger partial charge on any atom is 0.246 e. The van der Waals surface area contributed by atoms with Gasteiger partial charge >= 0.3 is 0 Å². The lowest BCUT2D eigenvalue weighted by Crippen LogP contribution is -2.45. The molecule has 0 saturated carbocycles. The van der Waals surface area contributed by atoms with Crippen LogP contribution in [0.3, 0.4) is 0 Å². The molecule has 2 saturated heterocycles. The molecule has 0 bridgehead atoms. The molecule has 2 heterocycles. The van der Waals surface area contributed by atoms with E-state index in [1.54, 1.807) is 6.08 Å². The van der Waals surface area contributed by atoms with Crippen molar-refractivity contribution in [3.8, 4) is 0 Å². The Hall–Kier alpha value is -1.30. The van der Waals surface area contributed by atoms with E-state index in [0.717, 1.165) is 25.2 Å². The normalized spacial score (nSPS) is 22.0. The summed E-state index contributed by atoms with van der Waals surface area (Å²) in [6, 6.07) is 8.49. The lowest BCUT2D eigenvalue weighted by Gasteiger charge is -2.29. The number of carbonyl (C=O) groups excluding carboxylic acids is 1. The lowest BCUT2D eigenvalue weighted by molar-refractivity contribution is -0.127. The molecule has 1 unspecified atom stereocenters. The van der Waals surface area contributed by atoms with Gasteiger partial charge in [-0.05, 0) is 37.2 Å². The van der Waals surface area contributed by atoms with E-state index in [-0.39, 0.29) is 11.9 Å². The second kappa shape index (κ2) is 7.99. The van der Waals surface area contributed by atoms with Crippen molar-refractivity contribution >= 4 is 23.7 Å². The van der Waals surface area contributed by atoms with Gasteiger partial charge < -0.3 is 4.90 Å². The highest BCUT2D eigenvalue weighted by molar-refractivity contribution is 8.00. The van der Waals surface area contributed by atoms with E-state index >= 15 is 0 Å². The molecule has 5 heteroatoms. The Labute approximate surface area is 142 Å². The molecule has 4 nitrogen and oxygen atoms in total. The van der Waals surface area contributed by atoms with Crippen LogP contribution in [0.25, 0.3) is 6.08 Å². The number of benzene rings is 1. The fourth-order valence-electron chi connectivity index (χ4n) is 3.04. The second-order valence-electron chi connectivity index (χ2n) is 6.29. The van der Waals surface area contributed by atoms with Crippen molar-refractivity contribution in [1.82, 2.24) is 15.8 Å². The van der Waals surface area contributed by atoms with Crippen LogP contribution in [0.2, 0.25) is 0 Å². The van der Waals surface area contributed by atoms with Gasteiger partial charge in [-0.1, -0.05) is 29.8 Å². The molecule has 2 aliphatic rings. The van der Waals surface area contributed by atoms with Gasteiger partial charge in [0.25, 0.3) is 0 Å². The van der Waals surface area contributed by atoms with Crippen LogP contribution in [0.5, 0.6) is 0 Å². The number of hydrogen-bond acceptors (Lipinski definition) is 4. The molecular formula is C18H25N3OS. The van der Waals surface area contributed by atoms with Crippen LogP contribution in [-0.2, 0) is 4.79 Å². The van der Waals surface area contributed by atoms with Crippen LogP contribution in [0.4, 0.5) is 0 Å². The highest BCUT2D eigenvalue weighted by Crippen LogP contribution is 2.27. The average Bonchev–Trinajstić information content (AvgIpc) is 3.25. The van der Waals surface area contributed by atoms with E-state index in [9.17, 15) is 4.79 Å². The maximum absolute atomic E-state index is 12.7. The van der Waals surface area contributed by atoms with Gasteiger partial charge in [0.15, 0.2) is 0 Å². The minimum absolute atomic E-state index is 0.119. The van der Waals surface area contributed by atoms with Crippen molar-refractivity contribution < 1.29 is 4.79 Å². The number of hydrogen-bond donors (Lipinski definition) is 2. The van der Waals surface area contributed by atoms with Gasteiger partial charge in [0.2, 0.25) is 5.91 Å². The van der Waals surface area contributed by atoms with Gasteiger partial charge in [0.1, 0.15) is 0 Å². The number of nitrogens with zero attached hydrogens (tertiary/aromatic N) is 1. The summed E-state index contributed by atoms with van der Waals surface area (Å²) in [4.78, 5) is 14.8. The van der Waals surface area contributed by atoms with Gasteiger partial charge in [-0.25, -0.2) is 0 Å². The standard InChI is InChI=1S/C18H25N3OS/c1-14-4-6-15(7-5-14)8-9-18(22)21(16-11-19-20-12-16)13-17-3-2-10-23-17/h4-9,16-17,19-20H,2-3,10-13H2,1H3/b9-8+. The highest BCUT2D eigenvalue weighted by atomic mass is 32.2. The zero-order valence-electron chi connectivity index (χ0n) is 13.6. The molecule has 1 atom stereocenters. The Kier molecular flexibility index (Phi) is 5.75. The molecule has 0 radical (unpaired) electrons. The van der Waals surface area contributed by atoms with E-state index in [1.165, 1.54) is 24.2 Å². The molecule has 1 aromatic carbocycles. The molecule has 0 aliphatic carbocycles. The van der Waals surface area contributed by atoms with Crippen LogP contribution in [0.1, 0.15) is 24.0 Å². The van der Waals surface area contributed by atoms with Gasteiger partial charge in [-0.3, -0.25) is 15.6 Å². The second-order valence-corrected chi connectivity index (χ2v) is 7.69. The first kappa shape index (κ1) is 16.6. The summed E-state index contributed by atoms with van der Waals surface area (Å²) in [5.74, 6) is 1.35. The Morgan fingerprint density at radius 2 is 2.04 bits per heavy atom. The average molecular weight is 331 g/mol. The number of aryl methyl sites for hydroxylation is 1. The van der Waals surface area contributed by atoms with Crippen LogP contribution < -0.4 is 10.9 Å². The van der Waals surface area contributed by atoms with Crippen molar-refractivity contribution in [2.24, 2.45) is 0 Å². The molecule has 0 aromatic heterocycles. The van der Waals surface area contributed by atoms with Crippen molar-refractivity contribution in [3.63, 3.8) is 0 Å². The summed E-state index contributed by atoms with van der Waals surface area (Å²) in [5.41, 5.74) is 8.58. The van der Waals surface area contributed by atoms with Crippen LogP contribution in [-0.4, -0.2) is 47.5 Å². The molecular weight excluding hydrogens is 306 g/mol. The number of amides is 1. The number of thioether (sulfide) groups is 1. The summed E-state index contributed by atoms with van der Waals surface area (Å²) < 4.78 is 0. The van der Waals surface area contributed by atoms with Crippen molar-refractivity contribution in [2.45, 2.75) is 31.1 Å². The largest absolute Gasteiger partial charge is 0.332 e. The topological polar surface area (TPSA) is 44.4 Å². The van der Waals surface area contributed by atoms with Crippen LogP contribution >= 0.6 is 11.8 Å². The lowest BCUT2D eigenvalue weighted by atomic mass is 10.1. The van der Waals surface area contributed by atoms with Crippen molar-refractivity contribution in [2.75, 3.05) is 25.4 Å². The van der Waals surface area contributed by atoms with Gasteiger partial charge in [0, 0.05) is 31.0 Å². The van der Waals surface area contributed by atoms with Gasteiger partial charge in [-0.2, -0.15) is 11.8 Å². The first-order chi connectivity index (χ1) is 11.2. The Morgan fingerprint density at radius 3 is 2.70 bits per heavy atom. The fourth-order valence-corrected chi connectivity index (χ4v) is 4.31. The van der Waals surface area contributed by atoms with E-state index in [2.05, 4.69) is 42.0 Å². The minimum atomic E-state index is 0.119. The molecule has 2 fully saturated rings. The molecule has 23 heavy (non-hydrogen) atoms. The van der Waals surface area contributed by atoms with E-state index in [0.29, 0.717) is 5.25 Å². The quantitative estimate of drug-likeness (QED) is 0.812. The third kappa shape index (κ3) is 4.59. The predicted molar refractivity (Wildman–Crippen MR) is 97.2 cm³/mol. The van der Waals surface area contributed by atoms with Crippen molar-refractivity contribution in [3.05, 3.63) is 41.5 Å². The number of hydrazine groups is 1. The monoisotopic (exact) mass is 331 g/mol. The SMILES string of the molecule is Cc1ccc(/C=C/C(=O)N(CC2CCCS2)C2CNNC2)cc1. The van der Waals surface area contributed by atoms with Crippen molar-refractivity contribution in [1.29, 1.82) is 0 Å². The van der Waals surface area contributed by atoms with Gasteiger partial charge in [0.05, 0.1) is 6.04 Å². The maximum atomic E-state index is 12.7. The van der Waals surface area contributed by atoms with Crippen LogP contribution in [0.15, 0.2) is 30.3 Å². The Bertz CT molecular complexity index is 546. The number of nitrogens with one attached hydrogen (secondary N) is 2. The Morgan fingerprint density at radius 1 is 1.30 bits per heavy atom. The summed E-state index contributed by atoms with van der Waals surface area (Å²) >= 11 is 2.00. The molecule has 3 rings (SSSR count). The molecule has 2 N–H and O–H groups in total. The number of rotatable bonds is 5. The highest BCUT2D eigenvalue weighted by Gasteiger charge is 2.28. The zero-order valence-corrected chi connectivity index (χ0v) is 14.4. The third-order valence-corrected chi connectivity index (χ3v) is 5.82. The summed E-state index contributed by atoms with van der Waals surface area (Å²) in [6.07, 6.45) is 6.15. The first-order valence-electron chi connectivity index (χ1n) is 8.35. The predicted octanol–water partition coefficient (Wildman–Crippen LogP) is 2.21. The third-order valence-electron chi connectivity index (χ3n) is 4.44. The molecule has 1 amide bonds. The van der Waals surface area contributed by atoms with Crippen LogP contribution in [0, 0.1) is 6.92 Å². The molecule has 0 spiro atoms. The molecule has 124 valence electrons. The van der Waals surface area contributed by atoms with Gasteiger partial charge in [-0.15, -0.1) is 0 Å². The molecule has 1 aromatic rings. The number of carbonyl (C=O) groups is 1. The Balaban J connectivity index is 1.66. The summed E-state index contributed by atoms with van der Waals surface area (Å²) in [5, 5.41) is 0.590. The van der Waals surface area contributed by atoms with E-state index in [4.69, 9.17) is 0 Å². The minimum Gasteiger partial charge on any atom is -0.332 e. The fraction of sp³-hybridized carbons (Fsp3) is 0.500. The van der Waals surface area contributed by atoms with E-state index in [1.807, 2.05) is 22.7 Å².